The number of aryl methyl sites for hydroxylation is 6. The van der Waals surface area contributed by atoms with Crippen molar-refractivity contribution in [3.8, 4) is 57.5 Å². The average molecular weight is 1500 g/mol. The molecule has 10 rings (SSSR count). The molecule has 105 heavy (non-hydrogen) atoms. The van der Waals surface area contributed by atoms with Crippen LogP contribution in [0.15, 0.2) is 218 Å². The van der Waals surface area contributed by atoms with Crippen LogP contribution < -0.4 is 23.7 Å². The highest BCUT2D eigenvalue weighted by Crippen LogP contribution is 2.59. The molecule has 29 heteroatoms. The van der Waals surface area contributed by atoms with E-state index in [4.69, 9.17) is 23.7 Å². The van der Waals surface area contributed by atoms with Crippen molar-refractivity contribution in [2.45, 2.75) is 102 Å². The van der Waals surface area contributed by atoms with Crippen LogP contribution in [0.3, 0.4) is 0 Å². The van der Waals surface area contributed by atoms with Gasteiger partial charge in [-0.15, -0.1) is 0 Å². The summed E-state index contributed by atoms with van der Waals surface area (Å²) >= 11 is 0. The van der Waals surface area contributed by atoms with Gasteiger partial charge in [-0.2, -0.15) is 105 Å². The molecule has 0 aromatic heterocycles. The van der Waals surface area contributed by atoms with Gasteiger partial charge in [0, 0.05) is 0 Å². The van der Waals surface area contributed by atoms with Crippen LogP contribution in [0.4, 0.5) is 105 Å². The number of rotatable bonds is 14. The van der Waals surface area contributed by atoms with Gasteiger partial charge in [0.05, 0.1) is 22.3 Å². The van der Waals surface area contributed by atoms with Crippen LogP contribution in [0.25, 0.3) is 0 Å². The van der Waals surface area contributed by atoms with Gasteiger partial charge < -0.3 is 23.7 Å². The molecule has 0 saturated heterocycles. The number of alkyl halides is 24. The number of hydrogen-bond donors (Lipinski definition) is 0. The van der Waals surface area contributed by atoms with E-state index in [2.05, 4.69) is 0 Å². The van der Waals surface area contributed by atoms with E-state index in [0.29, 0.717) is 59.0 Å². The third kappa shape index (κ3) is 18.7. The molecular formula is C76H54F24O5. The predicted octanol–water partition coefficient (Wildman–Crippen LogP) is 26.8. The third-order valence-corrected chi connectivity index (χ3v) is 15.8. The first-order chi connectivity index (χ1) is 48.5. The summed E-state index contributed by atoms with van der Waals surface area (Å²) in [5.41, 5.74) is -15.3. The zero-order valence-electron chi connectivity index (χ0n) is 54.9. The van der Waals surface area contributed by atoms with Crippen molar-refractivity contribution in [3.63, 3.8) is 0 Å². The molecule has 0 amide bonds. The van der Waals surface area contributed by atoms with Crippen LogP contribution in [-0.4, -0.2) is 24.7 Å². The van der Waals surface area contributed by atoms with E-state index in [0.717, 1.165) is 126 Å². The molecule has 556 valence electrons. The molecule has 0 unspecified atom stereocenters. The summed E-state index contributed by atoms with van der Waals surface area (Å²) in [5, 5.41) is 0. The molecule has 0 heterocycles. The highest BCUT2D eigenvalue weighted by Gasteiger charge is 2.74. The highest BCUT2D eigenvalue weighted by molar-refractivity contribution is 5.52. The Morgan fingerprint density at radius 3 is 0.781 bits per heavy atom. The summed E-state index contributed by atoms with van der Waals surface area (Å²) < 4.78 is 358. The quantitative estimate of drug-likeness (QED) is 0.102. The molecule has 0 aliphatic carbocycles. The topological polar surface area (TPSA) is 46.2 Å². The second-order valence-corrected chi connectivity index (χ2v) is 23.7. The Labute approximate surface area is 582 Å². The summed E-state index contributed by atoms with van der Waals surface area (Å²) in [6.45, 7) is 9.09. The lowest BCUT2D eigenvalue weighted by atomic mass is 9.73. The normalized spacial score (nSPS) is 12.7. The van der Waals surface area contributed by atoms with Crippen molar-refractivity contribution in [2.24, 2.45) is 0 Å². The van der Waals surface area contributed by atoms with Crippen LogP contribution >= 0.6 is 0 Å². The van der Waals surface area contributed by atoms with Crippen LogP contribution in [0.1, 0.15) is 77.9 Å². The maximum absolute atomic E-state index is 14.5. The Morgan fingerprint density at radius 1 is 0.200 bits per heavy atom. The highest BCUT2D eigenvalue weighted by atomic mass is 19.4. The number of benzene rings is 10. The van der Waals surface area contributed by atoms with Crippen LogP contribution in [0.2, 0.25) is 0 Å². The second-order valence-electron chi connectivity index (χ2n) is 23.7. The van der Waals surface area contributed by atoms with Gasteiger partial charge in [-0.1, -0.05) is 102 Å². The van der Waals surface area contributed by atoms with E-state index in [9.17, 15) is 105 Å². The minimum absolute atomic E-state index is 0.106. The molecule has 0 spiro atoms. The van der Waals surface area contributed by atoms with Gasteiger partial charge in [0.15, 0.2) is 0 Å². The summed E-state index contributed by atoms with van der Waals surface area (Å²) in [4.78, 5) is 0. The molecule has 0 saturated carbocycles. The molecule has 5 nitrogen and oxygen atoms in total. The van der Waals surface area contributed by atoms with Gasteiger partial charge in [-0.25, -0.2) is 0 Å². The molecule has 0 aliphatic heterocycles. The molecule has 0 N–H and O–H groups in total. The Hall–Kier alpha value is -10.5. The standard InChI is InChI=1S/C31H20F12O2.C29H22F6O2.C16H12F6O/c1-17-13-21(28(32,33)34)15-25(14-17)45-23-11-6-20(7-12-23)27(30(38,39)40,31(41,42)43)19-4-9-22(10-5-19)44-24-8-3-18(2)26(16-24)29(35,36)37;1-19-5-3-7-25(17-19)36-23-13-9-21(10-14-23)27(28(30,31)32,29(33,34)35)22-11-15-24(16-12-22)37-26-8-4-6-20(2)18-26;1-9-3-5-13(11(7-9)15(17,18)19)23-14-6-4-10(2)8-12(14)16(20,21)22/h3-16H,1-2H3;3-18H,1-2H3;3-8H,1-2H3. The average Bonchev–Trinajstić information content (AvgIpc) is 0.726. The molecule has 0 atom stereocenters. The van der Waals surface area contributed by atoms with Gasteiger partial charge in [0.1, 0.15) is 57.5 Å². The van der Waals surface area contributed by atoms with E-state index in [-0.39, 0.29) is 45.6 Å². The Bertz CT molecular complexity index is 4440. The molecule has 10 aromatic rings. The van der Waals surface area contributed by atoms with E-state index < -0.39 is 116 Å². The van der Waals surface area contributed by atoms with E-state index >= 15 is 0 Å². The molecule has 0 bridgehead atoms. The largest absolute Gasteiger partial charge is 0.457 e. The smallest absolute Gasteiger partial charge is 0.419 e. The molecule has 0 radical (unpaired) electrons. The van der Waals surface area contributed by atoms with Crippen LogP contribution in [0.5, 0.6) is 57.5 Å². The van der Waals surface area contributed by atoms with Crippen molar-refractivity contribution in [2.75, 3.05) is 0 Å². The van der Waals surface area contributed by atoms with Crippen molar-refractivity contribution < 1.29 is 129 Å². The molecule has 0 aliphatic rings. The summed E-state index contributed by atoms with van der Waals surface area (Å²) in [6.07, 6.45) is -42.3. The minimum atomic E-state index is -5.97. The monoisotopic (exact) mass is 1500 g/mol. The van der Waals surface area contributed by atoms with Crippen LogP contribution in [-0.2, 0) is 35.5 Å². The summed E-state index contributed by atoms with van der Waals surface area (Å²) in [7, 11) is 0. The fourth-order valence-corrected chi connectivity index (χ4v) is 10.9. The Kier molecular flexibility index (Phi) is 23.2. The molecular weight excluding hydrogens is 1450 g/mol. The first-order valence-corrected chi connectivity index (χ1v) is 30.5. The number of hydrogen-bond acceptors (Lipinski definition) is 5. The maximum atomic E-state index is 14.5. The molecule has 0 fully saturated rings. The fourth-order valence-electron chi connectivity index (χ4n) is 10.9. The Morgan fingerprint density at radius 2 is 0.486 bits per heavy atom. The van der Waals surface area contributed by atoms with Crippen molar-refractivity contribution in [1.82, 2.24) is 0 Å². The summed E-state index contributed by atoms with van der Waals surface area (Å²) in [6, 6.07) is 38.2. The summed E-state index contributed by atoms with van der Waals surface area (Å²) in [5.74, 6) is -1.68. The van der Waals surface area contributed by atoms with Gasteiger partial charge in [0.25, 0.3) is 0 Å². The van der Waals surface area contributed by atoms with Crippen molar-refractivity contribution in [1.29, 1.82) is 0 Å². The van der Waals surface area contributed by atoms with Crippen molar-refractivity contribution >= 4 is 0 Å². The lowest BCUT2D eigenvalue weighted by Crippen LogP contribution is -2.54. The minimum Gasteiger partial charge on any atom is -0.457 e. The number of halogens is 24. The van der Waals surface area contributed by atoms with Gasteiger partial charge >= 0.3 is 49.4 Å². The zero-order chi connectivity index (χ0) is 77.8. The number of ether oxygens (including phenoxy) is 5. The first-order valence-electron chi connectivity index (χ1n) is 30.5. The van der Waals surface area contributed by atoms with E-state index in [1.807, 2.05) is 26.0 Å². The predicted molar refractivity (Wildman–Crippen MR) is 339 cm³/mol. The fraction of sp³-hybridized carbons (Fsp3) is 0.211. The van der Waals surface area contributed by atoms with Crippen LogP contribution in [0, 0.1) is 41.5 Å². The van der Waals surface area contributed by atoms with Gasteiger partial charge in [0.2, 0.25) is 10.8 Å². The lowest BCUT2D eigenvalue weighted by Gasteiger charge is -2.38. The SMILES string of the molecule is Cc1cc(Oc2ccc(C(c3ccc(Oc4ccc(C)c(C(F)(F)F)c4)cc3)(C(F)(F)F)C(F)(F)F)cc2)cc(C(F)(F)F)c1.Cc1ccc(Oc2ccc(C)cc2C(F)(F)F)c(C(F)(F)F)c1.Cc1cccc(Oc2ccc(C(c3ccc(Oc4cccc(C)c4)cc3)(C(F)(F)F)C(F)(F)F)cc2)c1. The lowest BCUT2D eigenvalue weighted by molar-refractivity contribution is -0.290. The zero-order valence-corrected chi connectivity index (χ0v) is 54.9. The first kappa shape index (κ1) is 80.2. The van der Waals surface area contributed by atoms with Crippen molar-refractivity contribution in [3.05, 3.63) is 296 Å². The Balaban J connectivity index is 0.000000209. The van der Waals surface area contributed by atoms with Gasteiger partial charge in [-0.05, 0) is 213 Å². The van der Waals surface area contributed by atoms with E-state index in [1.54, 1.807) is 36.4 Å². The third-order valence-electron chi connectivity index (χ3n) is 15.8. The van der Waals surface area contributed by atoms with E-state index in [1.165, 1.54) is 45.9 Å². The van der Waals surface area contributed by atoms with Gasteiger partial charge in [-0.3, -0.25) is 0 Å². The molecule has 10 aromatic carbocycles. The maximum Gasteiger partial charge on any atom is 0.419 e. The second kappa shape index (κ2) is 30.3.